The Morgan fingerprint density at radius 2 is 2.40 bits per heavy atom. The third-order valence-corrected chi connectivity index (χ3v) is 3.32. The van der Waals surface area contributed by atoms with Crippen LogP contribution < -0.4 is 10.9 Å². The van der Waals surface area contributed by atoms with Gasteiger partial charge < -0.3 is 10.3 Å². The van der Waals surface area contributed by atoms with E-state index in [4.69, 9.17) is 0 Å². The molecule has 1 aromatic rings. The molecule has 0 radical (unpaired) electrons. The number of fused-ring (bicyclic) bond motifs is 1. The number of nitrogens with one attached hydrogen (secondary N) is 2. The Hall–Kier alpha value is -0.810. The number of thioether (sulfide) groups is 1. The number of hydrogen-bond acceptors (Lipinski definition) is 4. The predicted molar refractivity (Wildman–Crippen MR) is 62.1 cm³/mol. The van der Waals surface area contributed by atoms with E-state index in [0.717, 1.165) is 48.1 Å². The van der Waals surface area contributed by atoms with Crippen LogP contribution in [-0.4, -0.2) is 22.3 Å². The molecule has 1 aliphatic rings. The molecule has 1 aliphatic heterocycles. The summed E-state index contributed by atoms with van der Waals surface area (Å²) in [5.41, 5.74) is 1.84. The summed E-state index contributed by atoms with van der Waals surface area (Å²) in [6, 6.07) is 0. The zero-order valence-electron chi connectivity index (χ0n) is 8.80. The Kier molecular flexibility index (Phi) is 3.43. The first-order valence-electron chi connectivity index (χ1n) is 5.20. The van der Waals surface area contributed by atoms with E-state index in [1.807, 2.05) is 0 Å². The van der Waals surface area contributed by atoms with Gasteiger partial charge in [-0.2, -0.15) is 11.8 Å². The van der Waals surface area contributed by atoms with Gasteiger partial charge in [-0.15, -0.1) is 0 Å². The van der Waals surface area contributed by atoms with Gasteiger partial charge in [0.25, 0.3) is 5.56 Å². The summed E-state index contributed by atoms with van der Waals surface area (Å²) in [5, 5.41) is 3.23. The molecule has 15 heavy (non-hydrogen) atoms. The van der Waals surface area contributed by atoms with Gasteiger partial charge in [0, 0.05) is 12.1 Å². The van der Waals surface area contributed by atoms with E-state index in [2.05, 4.69) is 22.2 Å². The van der Waals surface area contributed by atoms with Gasteiger partial charge in [0.15, 0.2) is 0 Å². The summed E-state index contributed by atoms with van der Waals surface area (Å²) in [6.07, 6.45) is 0.791. The van der Waals surface area contributed by atoms with Crippen molar-refractivity contribution in [1.29, 1.82) is 0 Å². The van der Waals surface area contributed by atoms with E-state index in [0.29, 0.717) is 0 Å². The summed E-state index contributed by atoms with van der Waals surface area (Å²) in [7, 11) is 0. The van der Waals surface area contributed by atoms with Crippen LogP contribution in [0.5, 0.6) is 0 Å². The van der Waals surface area contributed by atoms with Gasteiger partial charge >= 0.3 is 0 Å². The van der Waals surface area contributed by atoms with Crippen molar-refractivity contribution in [1.82, 2.24) is 15.3 Å². The lowest BCUT2D eigenvalue weighted by Gasteiger charge is -2.15. The standard InChI is InChI=1S/C10H15N3OS/c1-2-15-6-9-12-8-5-11-4-3-7(8)10(14)13-9/h11H,2-6H2,1H3,(H,12,13,14). The van der Waals surface area contributed by atoms with Crippen LogP contribution in [0.1, 0.15) is 24.0 Å². The molecular weight excluding hydrogens is 210 g/mol. The molecule has 2 heterocycles. The van der Waals surface area contributed by atoms with Crippen molar-refractivity contribution in [3.63, 3.8) is 0 Å². The second-order valence-corrected chi connectivity index (χ2v) is 4.78. The van der Waals surface area contributed by atoms with Crippen LogP contribution in [0, 0.1) is 0 Å². The molecule has 0 saturated heterocycles. The average molecular weight is 225 g/mol. The van der Waals surface area contributed by atoms with Gasteiger partial charge in [-0.1, -0.05) is 6.92 Å². The molecular formula is C10H15N3OS. The van der Waals surface area contributed by atoms with Crippen LogP contribution in [-0.2, 0) is 18.7 Å². The van der Waals surface area contributed by atoms with Crippen molar-refractivity contribution in [2.24, 2.45) is 0 Å². The predicted octanol–water partition coefficient (Wildman–Crippen LogP) is 0.669. The Labute approximate surface area is 92.9 Å². The van der Waals surface area contributed by atoms with Crippen LogP contribution in [0.25, 0.3) is 0 Å². The minimum absolute atomic E-state index is 0.0493. The molecule has 2 rings (SSSR count). The maximum atomic E-state index is 11.7. The highest BCUT2D eigenvalue weighted by atomic mass is 32.2. The molecule has 0 spiro atoms. The van der Waals surface area contributed by atoms with Gasteiger partial charge in [-0.3, -0.25) is 4.79 Å². The van der Waals surface area contributed by atoms with Gasteiger partial charge in [-0.05, 0) is 18.7 Å². The van der Waals surface area contributed by atoms with E-state index < -0.39 is 0 Å². The van der Waals surface area contributed by atoms with Gasteiger partial charge in [0.1, 0.15) is 5.82 Å². The average Bonchev–Trinajstić information content (AvgIpc) is 2.26. The zero-order valence-corrected chi connectivity index (χ0v) is 9.62. The fourth-order valence-corrected chi connectivity index (χ4v) is 2.22. The summed E-state index contributed by atoms with van der Waals surface area (Å²) >= 11 is 1.77. The van der Waals surface area contributed by atoms with Crippen molar-refractivity contribution in [3.05, 3.63) is 27.4 Å². The van der Waals surface area contributed by atoms with Crippen LogP contribution in [0.15, 0.2) is 4.79 Å². The molecule has 0 bridgehead atoms. The first-order valence-corrected chi connectivity index (χ1v) is 6.36. The molecule has 2 N–H and O–H groups in total. The van der Waals surface area contributed by atoms with Crippen molar-refractivity contribution < 1.29 is 0 Å². The molecule has 0 fully saturated rings. The third kappa shape index (κ3) is 2.41. The Morgan fingerprint density at radius 3 is 3.20 bits per heavy atom. The van der Waals surface area contributed by atoms with Crippen LogP contribution in [0.3, 0.4) is 0 Å². The maximum Gasteiger partial charge on any atom is 0.254 e. The number of aromatic amines is 1. The molecule has 0 amide bonds. The fourth-order valence-electron chi connectivity index (χ4n) is 1.69. The molecule has 0 unspecified atom stereocenters. The van der Waals surface area contributed by atoms with E-state index in [-0.39, 0.29) is 5.56 Å². The summed E-state index contributed by atoms with van der Waals surface area (Å²) in [5.74, 6) is 2.63. The van der Waals surface area contributed by atoms with E-state index in [9.17, 15) is 4.79 Å². The van der Waals surface area contributed by atoms with Crippen LogP contribution >= 0.6 is 11.8 Å². The minimum atomic E-state index is 0.0493. The monoisotopic (exact) mass is 225 g/mol. The summed E-state index contributed by atoms with van der Waals surface area (Å²) in [4.78, 5) is 19.0. The van der Waals surface area contributed by atoms with Crippen molar-refractivity contribution >= 4 is 11.8 Å². The Morgan fingerprint density at radius 1 is 1.53 bits per heavy atom. The number of aromatic nitrogens is 2. The fraction of sp³-hybridized carbons (Fsp3) is 0.600. The lowest BCUT2D eigenvalue weighted by Crippen LogP contribution is -2.31. The number of rotatable bonds is 3. The highest BCUT2D eigenvalue weighted by Gasteiger charge is 2.14. The SMILES string of the molecule is CCSCc1nc2c(c(=O)[nH]1)CCNC2. The summed E-state index contributed by atoms with van der Waals surface area (Å²) in [6.45, 7) is 3.70. The van der Waals surface area contributed by atoms with Crippen molar-refractivity contribution in [2.75, 3.05) is 12.3 Å². The molecule has 0 saturated carbocycles. The first kappa shape index (κ1) is 10.7. The number of hydrogen-bond donors (Lipinski definition) is 2. The van der Waals surface area contributed by atoms with Crippen LogP contribution in [0.2, 0.25) is 0 Å². The normalized spacial score (nSPS) is 15.0. The molecule has 1 aromatic heterocycles. The maximum absolute atomic E-state index is 11.7. The smallest absolute Gasteiger partial charge is 0.254 e. The minimum Gasteiger partial charge on any atom is -0.311 e. The molecule has 0 atom stereocenters. The lowest BCUT2D eigenvalue weighted by atomic mass is 10.1. The molecule has 5 heteroatoms. The molecule has 82 valence electrons. The van der Waals surface area contributed by atoms with E-state index in [1.165, 1.54) is 0 Å². The van der Waals surface area contributed by atoms with Gasteiger partial charge in [0.2, 0.25) is 0 Å². The highest BCUT2D eigenvalue weighted by molar-refractivity contribution is 7.98. The van der Waals surface area contributed by atoms with Crippen molar-refractivity contribution in [2.45, 2.75) is 25.6 Å². The summed E-state index contributed by atoms with van der Waals surface area (Å²) < 4.78 is 0. The van der Waals surface area contributed by atoms with Crippen molar-refractivity contribution in [3.8, 4) is 0 Å². The van der Waals surface area contributed by atoms with Gasteiger partial charge in [0.05, 0.1) is 11.4 Å². The quantitative estimate of drug-likeness (QED) is 0.794. The highest BCUT2D eigenvalue weighted by Crippen LogP contribution is 2.10. The first-order chi connectivity index (χ1) is 7.31. The lowest BCUT2D eigenvalue weighted by molar-refractivity contribution is 0.614. The Balaban J connectivity index is 2.28. The number of nitrogens with zero attached hydrogens (tertiary/aromatic N) is 1. The van der Waals surface area contributed by atoms with E-state index in [1.54, 1.807) is 11.8 Å². The zero-order chi connectivity index (χ0) is 10.7. The third-order valence-electron chi connectivity index (χ3n) is 2.44. The Bertz CT molecular complexity index is 402. The van der Waals surface area contributed by atoms with Gasteiger partial charge in [-0.25, -0.2) is 4.98 Å². The second kappa shape index (κ2) is 4.81. The molecule has 0 aliphatic carbocycles. The van der Waals surface area contributed by atoms with Crippen LogP contribution in [0.4, 0.5) is 0 Å². The van der Waals surface area contributed by atoms with E-state index >= 15 is 0 Å². The molecule has 4 nitrogen and oxygen atoms in total. The molecule has 0 aromatic carbocycles. The topological polar surface area (TPSA) is 57.8 Å². The largest absolute Gasteiger partial charge is 0.311 e. The number of H-pyrrole nitrogens is 1. The second-order valence-electron chi connectivity index (χ2n) is 3.50.